The number of amides is 1. The van der Waals surface area contributed by atoms with Crippen molar-refractivity contribution in [3.8, 4) is 11.1 Å². The topological polar surface area (TPSA) is 44.1 Å². The third-order valence-corrected chi connectivity index (χ3v) is 8.35. The largest absolute Gasteiger partial charge is 0.366 e. The van der Waals surface area contributed by atoms with Crippen molar-refractivity contribution in [1.29, 1.82) is 0 Å². The molecular formula is C29H37N5O. The van der Waals surface area contributed by atoms with Gasteiger partial charge >= 0.3 is 0 Å². The standard InChI is InChI=1S/C29H37N5O/c1-20(2)33-18-25(16-21(33)3)22-4-6-23(7-5-22)26-17-28-27(10-11-30-34(28)19-26)31-12-14-32(15-13-31)29(35)24-8-9-24/h4-7,10-11,17,19-21,24-25H,8-9,12-16,18H2,1-3H3/t21-,25-/m0/s1. The summed E-state index contributed by atoms with van der Waals surface area (Å²) >= 11 is 0. The Morgan fingerprint density at radius 3 is 2.40 bits per heavy atom. The summed E-state index contributed by atoms with van der Waals surface area (Å²) in [6, 6.07) is 14.8. The Kier molecular flexibility index (Phi) is 5.79. The molecule has 0 radical (unpaired) electrons. The monoisotopic (exact) mass is 471 g/mol. The first-order valence-corrected chi connectivity index (χ1v) is 13.3. The third-order valence-electron chi connectivity index (χ3n) is 8.35. The Hall–Kier alpha value is -2.86. The number of rotatable bonds is 5. The van der Waals surface area contributed by atoms with E-state index < -0.39 is 0 Å². The van der Waals surface area contributed by atoms with E-state index in [-0.39, 0.29) is 0 Å². The van der Waals surface area contributed by atoms with Gasteiger partial charge in [-0.1, -0.05) is 24.3 Å². The minimum Gasteiger partial charge on any atom is -0.366 e. The fourth-order valence-electron chi connectivity index (χ4n) is 6.15. The summed E-state index contributed by atoms with van der Waals surface area (Å²) < 4.78 is 2.00. The van der Waals surface area contributed by atoms with Crippen molar-refractivity contribution in [2.75, 3.05) is 37.6 Å². The molecule has 35 heavy (non-hydrogen) atoms. The van der Waals surface area contributed by atoms with Crippen LogP contribution in [0.2, 0.25) is 0 Å². The van der Waals surface area contributed by atoms with E-state index in [9.17, 15) is 4.79 Å². The fourth-order valence-corrected chi connectivity index (χ4v) is 6.15. The van der Waals surface area contributed by atoms with Crippen molar-refractivity contribution in [2.24, 2.45) is 5.92 Å². The summed E-state index contributed by atoms with van der Waals surface area (Å²) in [5.41, 5.74) is 6.21. The van der Waals surface area contributed by atoms with Crippen LogP contribution in [-0.2, 0) is 4.79 Å². The highest BCUT2D eigenvalue weighted by molar-refractivity contribution is 5.82. The number of hydrogen-bond donors (Lipinski definition) is 0. The molecule has 6 heteroatoms. The summed E-state index contributed by atoms with van der Waals surface area (Å²) in [5.74, 6) is 1.29. The maximum atomic E-state index is 12.4. The number of hydrogen-bond acceptors (Lipinski definition) is 4. The van der Waals surface area contributed by atoms with Gasteiger partial charge in [-0.25, -0.2) is 4.52 Å². The summed E-state index contributed by atoms with van der Waals surface area (Å²) in [6.07, 6.45) is 7.42. The first-order chi connectivity index (χ1) is 17.0. The predicted octanol–water partition coefficient (Wildman–Crippen LogP) is 4.65. The third kappa shape index (κ3) is 4.33. The Bertz CT molecular complexity index is 1200. The number of likely N-dealkylation sites (tertiary alicyclic amines) is 1. The minimum atomic E-state index is 0.306. The van der Waals surface area contributed by atoms with Gasteiger partial charge in [-0.2, -0.15) is 5.10 Å². The Labute approximate surface area is 208 Å². The molecule has 0 unspecified atom stereocenters. The molecule has 0 bridgehead atoms. The van der Waals surface area contributed by atoms with E-state index in [1.54, 1.807) is 0 Å². The lowest BCUT2D eigenvalue weighted by molar-refractivity contribution is -0.132. The van der Waals surface area contributed by atoms with Crippen LogP contribution in [0.15, 0.2) is 48.8 Å². The van der Waals surface area contributed by atoms with Crippen LogP contribution in [0, 0.1) is 5.92 Å². The number of benzene rings is 1. The number of carbonyl (C=O) groups excluding carboxylic acids is 1. The first-order valence-electron chi connectivity index (χ1n) is 13.3. The van der Waals surface area contributed by atoms with Crippen LogP contribution in [0.1, 0.15) is 51.5 Å². The molecule has 1 saturated carbocycles. The van der Waals surface area contributed by atoms with Crippen LogP contribution in [0.5, 0.6) is 0 Å². The summed E-state index contributed by atoms with van der Waals surface area (Å²) in [5, 5.41) is 4.59. The second kappa shape index (κ2) is 8.98. The molecule has 1 amide bonds. The fraction of sp³-hybridized carbons (Fsp3) is 0.517. The second-order valence-electron chi connectivity index (χ2n) is 11.1. The molecule has 6 nitrogen and oxygen atoms in total. The highest BCUT2D eigenvalue weighted by atomic mass is 16.2. The zero-order valence-corrected chi connectivity index (χ0v) is 21.2. The van der Waals surface area contributed by atoms with E-state index in [0.29, 0.717) is 29.8 Å². The normalized spacial score (nSPS) is 23.5. The molecule has 2 atom stereocenters. The maximum Gasteiger partial charge on any atom is 0.225 e. The van der Waals surface area contributed by atoms with E-state index in [0.717, 1.165) is 51.1 Å². The van der Waals surface area contributed by atoms with Gasteiger partial charge in [0.05, 0.1) is 11.2 Å². The number of piperazine rings is 1. The van der Waals surface area contributed by atoms with E-state index in [2.05, 4.69) is 83.2 Å². The Morgan fingerprint density at radius 1 is 1.00 bits per heavy atom. The second-order valence-corrected chi connectivity index (χ2v) is 11.1. The van der Waals surface area contributed by atoms with E-state index in [1.807, 2.05) is 10.7 Å². The molecular weight excluding hydrogens is 434 g/mol. The van der Waals surface area contributed by atoms with Gasteiger partial charge in [0.25, 0.3) is 0 Å². The first kappa shape index (κ1) is 22.6. The zero-order valence-electron chi connectivity index (χ0n) is 21.2. The van der Waals surface area contributed by atoms with Gasteiger partial charge < -0.3 is 9.80 Å². The van der Waals surface area contributed by atoms with Gasteiger partial charge in [-0.3, -0.25) is 9.69 Å². The number of aromatic nitrogens is 2. The van der Waals surface area contributed by atoms with Gasteiger partial charge in [-0.05, 0) is 69.2 Å². The van der Waals surface area contributed by atoms with Crippen molar-refractivity contribution >= 4 is 17.1 Å². The average molecular weight is 472 g/mol. The SMILES string of the molecule is CC(C)N1C[C@@H](c2ccc(-c3cc4c(N5CCN(C(=O)C6CC6)CC5)ccnn4c3)cc2)C[C@@H]1C. The quantitative estimate of drug-likeness (QED) is 0.544. The zero-order chi connectivity index (χ0) is 24.1. The lowest BCUT2D eigenvalue weighted by atomic mass is 9.95. The van der Waals surface area contributed by atoms with Crippen LogP contribution in [-0.4, -0.2) is 70.1 Å². The molecule has 2 aliphatic heterocycles. The van der Waals surface area contributed by atoms with Gasteiger partial charge in [0.15, 0.2) is 0 Å². The van der Waals surface area contributed by atoms with Gasteiger partial charge in [0.1, 0.15) is 0 Å². The molecule has 1 aromatic carbocycles. The molecule has 3 fully saturated rings. The summed E-state index contributed by atoms with van der Waals surface area (Å²) in [7, 11) is 0. The lowest BCUT2D eigenvalue weighted by Crippen LogP contribution is -2.49. The molecule has 0 N–H and O–H groups in total. The van der Waals surface area contributed by atoms with Crippen LogP contribution in [0.3, 0.4) is 0 Å². The molecule has 1 aliphatic carbocycles. The molecule has 2 saturated heterocycles. The summed E-state index contributed by atoms with van der Waals surface area (Å²) in [6.45, 7) is 11.5. The van der Waals surface area contributed by atoms with Gasteiger partial charge in [-0.15, -0.1) is 0 Å². The van der Waals surface area contributed by atoms with E-state index in [1.165, 1.54) is 28.8 Å². The molecule has 184 valence electrons. The van der Waals surface area contributed by atoms with Crippen molar-refractivity contribution in [1.82, 2.24) is 19.4 Å². The Balaban J connectivity index is 1.19. The van der Waals surface area contributed by atoms with Crippen molar-refractivity contribution in [3.05, 3.63) is 54.4 Å². The molecule has 6 rings (SSSR count). The lowest BCUT2D eigenvalue weighted by Gasteiger charge is -2.36. The highest BCUT2D eigenvalue weighted by Gasteiger charge is 2.35. The smallest absolute Gasteiger partial charge is 0.225 e. The average Bonchev–Trinajstić information content (AvgIpc) is 3.51. The minimum absolute atomic E-state index is 0.306. The van der Waals surface area contributed by atoms with Crippen LogP contribution in [0.4, 0.5) is 5.69 Å². The molecule has 2 aromatic heterocycles. The summed E-state index contributed by atoms with van der Waals surface area (Å²) in [4.78, 5) is 19.5. The van der Waals surface area contributed by atoms with Crippen LogP contribution >= 0.6 is 0 Å². The number of fused-ring (bicyclic) bond motifs is 1. The van der Waals surface area contributed by atoms with E-state index >= 15 is 0 Å². The maximum absolute atomic E-state index is 12.4. The number of carbonyl (C=O) groups is 1. The highest BCUT2D eigenvalue weighted by Crippen LogP contribution is 2.35. The Morgan fingerprint density at radius 2 is 1.74 bits per heavy atom. The van der Waals surface area contributed by atoms with Gasteiger partial charge in [0.2, 0.25) is 5.91 Å². The van der Waals surface area contributed by atoms with Crippen LogP contribution in [0.25, 0.3) is 16.6 Å². The van der Waals surface area contributed by atoms with Crippen LogP contribution < -0.4 is 4.90 Å². The van der Waals surface area contributed by atoms with Crippen molar-refractivity contribution in [2.45, 2.75) is 58.0 Å². The molecule has 3 aliphatic rings. The molecule has 0 spiro atoms. The van der Waals surface area contributed by atoms with Crippen molar-refractivity contribution < 1.29 is 4.79 Å². The van der Waals surface area contributed by atoms with Gasteiger partial charge in [0, 0.05) is 68.7 Å². The molecule has 4 heterocycles. The van der Waals surface area contributed by atoms with E-state index in [4.69, 9.17) is 0 Å². The molecule has 3 aromatic rings. The number of anilines is 1. The number of nitrogens with zero attached hydrogens (tertiary/aromatic N) is 5. The predicted molar refractivity (Wildman–Crippen MR) is 141 cm³/mol. The van der Waals surface area contributed by atoms with Crippen molar-refractivity contribution in [3.63, 3.8) is 0 Å².